The van der Waals surface area contributed by atoms with Gasteiger partial charge in [0.15, 0.2) is 0 Å². The van der Waals surface area contributed by atoms with E-state index in [9.17, 15) is 13.5 Å². The fraction of sp³-hybridized carbons (Fsp3) is 1.00. The van der Waals surface area contributed by atoms with E-state index in [1.165, 1.54) is 6.26 Å². The fourth-order valence-corrected chi connectivity index (χ4v) is 4.17. The Morgan fingerprint density at radius 3 is 2.24 bits per heavy atom. The Balaban J connectivity index is 1.83. The molecule has 0 atom stereocenters. The third kappa shape index (κ3) is 3.42. The molecule has 4 nitrogen and oxygen atoms in total. The number of rotatable bonds is 3. The lowest BCUT2D eigenvalue weighted by molar-refractivity contribution is 0.00483. The number of nitrogens with zero attached hydrogens (tertiary/aromatic N) is 1. The molecule has 0 aromatic heterocycles. The zero-order valence-corrected chi connectivity index (χ0v) is 11.4. The molecule has 0 amide bonds. The fourth-order valence-electron chi connectivity index (χ4n) is 3.10. The van der Waals surface area contributed by atoms with Gasteiger partial charge in [0, 0.05) is 12.8 Å². The second-order valence-corrected chi connectivity index (χ2v) is 8.06. The van der Waals surface area contributed by atoms with Crippen LogP contribution >= 0.6 is 0 Å². The van der Waals surface area contributed by atoms with E-state index < -0.39 is 15.4 Å². The van der Waals surface area contributed by atoms with E-state index in [0.29, 0.717) is 0 Å². The maximum atomic E-state index is 11.4. The SMILES string of the molecule is CS(=O)(=O)C1CCN(CC2(O)CCCC2)CC1. The average Bonchev–Trinajstić information content (AvgIpc) is 2.64. The Labute approximate surface area is 104 Å². The van der Waals surface area contributed by atoms with Crippen LogP contribution in [0.1, 0.15) is 38.5 Å². The summed E-state index contributed by atoms with van der Waals surface area (Å²) in [6.45, 7) is 2.34. The third-order valence-electron chi connectivity index (χ3n) is 4.19. The first-order valence-corrected chi connectivity index (χ1v) is 8.48. The first-order valence-electron chi connectivity index (χ1n) is 6.53. The van der Waals surface area contributed by atoms with Crippen LogP contribution in [0.3, 0.4) is 0 Å². The highest BCUT2D eigenvalue weighted by molar-refractivity contribution is 7.91. The Morgan fingerprint density at radius 2 is 1.76 bits per heavy atom. The van der Waals surface area contributed by atoms with Crippen LogP contribution in [0, 0.1) is 0 Å². The molecule has 2 rings (SSSR count). The summed E-state index contributed by atoms with van der Waals surface area (Å²) >= 11 is 0. The highest BCUT2D eigenvalue weighted by Crippen LogP contribution is 2.31. The molecule has 1 saturated carbocycles. The highest BCUT2D eigenvalue weighted by Gasteiger charge is 2.35. The van der Waals surface area contributed by atoms with Gasteiger partial charge in [0.2, 0.25) is 0 Å². The van der Waals surface area contributed by atoms with E-state index in [-0.39, 0.29) is 5.25 Å². The van der Waals surface area contributed by atoms with Crippen LogP contribution in [-0.4, -0.2) is 55.2 Å². The third-order valence-corrected chi connectivity index (χ3v) is 5.87. The van der Waals surface area contributed by atoms with Crippen molar-refractivity contribution in [1.82, 2.24) is 4.90 Å². The maximum absolute atomic E-state index is 11.4. The van der Waals surface area contributed by atoms with Gasteiger partial charge < -0.3 is 10.0 Å². The number of likely N-dealkylation sites (tertiary alicyclic amines) is 1. The van der Waals surface area contributed by atoms with Gasteiger partial charge >= 0.3 is 0 Å². The quantitative estimate of drug-likeness (QED) is 0.816. The normalized spacial score (nSPS) is 27.4. The smallest absolute Gasteiger partial charge is 0.150 e. The Hall–Kier alpha value is -0.130. The van der Waals surface area contributed by atoms with E-state index >= 15 is 0 Å². The molecule has 0 unspecified atom stereocenters. The molecule has 1 aliphatic heterocycles. The lowest BCUT2D eigenvalue weighted by atomic mass is 10.00. The molecule has 1 saturated heterocycles. The van der Waals surface area contributed by atoms with Crippen molar-refractivity contribution in [3.8, 4) is 0 Å². The topological polar surface area (TPSA) is 57.6 Å². The summed E-state index contributed by atoms with van der Waals surface area (Å²) < 4.78 is 22.9. The number of hydrogen-bond acceptors (Lipinski definition) is 4. The van der Waals surface area contributed by atoms with Crippen LogP contribution in [-0.2, 0) is 9.84 Å². The van der Waals surface area contributed by atoms with Crippen LogP contribution in [0.2, 0.25) is 0 Å². The minimum Gasteiger partial charge on any atom is -0.389 e. The highest BCUT2D eigenvalue weighted by atomic mass is 32.2. The van der Waals surface area contributed by atoms with Crippen LogP contribution in [0.15, 0.2) is 0 Å². The van der Waals surface area contributed by atoms with Gasteiger partial charge in [0.1, 0.15) is 9.84 Å². The summed E-state index contributed by atoms with van der Waals surface area (Å²) in [6.07, 6.45) is 6.81. The molecule has 0 aromatic carbocycles. The molecule has 1 aliphatic carbocycles. The van der Waals surface area contributed by atoms with Crippen molar-refractivity contribution in [1.29, 1.82) is 0 Å². The molecule has 0 aromatic rings. The Bertz CT molecular complexity index is 352. The average molecular weight is 261 g/mol. The summed E-state index contributed by atoms with van der Waals surface area (Å²) in [7, 11) is -2.88. The summed E-state index contributed by atoms with van der Waals surface area (Å²) in [5, 5.41) is 10.1. The first-order chi connectivity index (χ1) is 7.89. The first kappa shape index (κ1) is 13.3. The van der Waals surface area contributed by atoms with Crippen molar-refractivity contribution in [3.63, 3.8) is 0 Å². The predicted octanol–water partition coefficient (Wildman–Crippen LogP) is 0.800. The van der Waals surface area contributed by atoms with E-state index in [2.05, 4.69) is 4.90 Å². The molecule has 0 bridgehead atoms. The minimum atomic E-state index is -2.88. The van der Waals surface area contributed by atoms with Crippen LogP contribution in [0.25, 0.3) is 0 Å². The number of β-amino-alcohol motifs (C(OH)–C–C–N with tert-alkyl or cyclic N) is 1. The largest absolute Gasteiger partial charge is 0.389 e. The number of piperidine rings is 1. The van der Waals surface area contributed by atoms with Crippen LogP contribution < -0.4 is 0 Å². The van der Waals surface area contributed by atoms with Gasteiger partial charge in [-0.1, -0.05) is 12.8 Å². The molecule has 2 fully saturated rings. The van der Waals surface area contributed by atoms with Gasteiger partial charge in [0.25, 0.3) is 0 Å². The van der Waals surface area contributed by atoms with Crippen molar-refractivity contribution >= 4 is 9.84 Å². The van der Waals surface area contributed by atoms with Gasteiger partial charge in [-0.2, -0.15) is 0 Å². The molecule has 1 heterocycles. The molecular weight excluding hydrogens is 238 g/mol. The molecule has 5 heteroatoms. The van der Waals surface area contributed by atoms with E-state index in [1.54, 1.807) is 0 Å². The summed E-state index contributed by atoms with van der Waals surface area (Å²) in [5.74, 6) is 0. The Kier molecular flexibility index (Phi) is 3.80. The number of sulfone groups is 1. The minimum absolute atomic E-state index is 0.169. The molecule has 0 spiro atoms. The molecule has 0 radical (unpaired) electrons. The van der Waals surface area contributed by atoms with Gasteiger partial charge in [-0.05, 0) is 38.8 Å². The zero-order chi connectivity index (χ0) is 12.5. The maximum Gasteiger partial charge on any atom is 0.150 e. The van der Waals surface area contributed by atoms with Crippen molar-refractivity contribution in [2.75, 3.05) is 25.9 Å². The van der Waals surface area contributed by atoms with E-state index in [0.717, 1.165) is 58.2 Å². The lowest BCUT2D eigenvalue weighted by Crippen LogP contribution is -2.46. The number of aliphatic hydroxyl groups is 1. The molecule has 17 heavy (non-hydrogen) atoms. The van der Waals surface area contributed by atoms with Crippen molar-refractivity contribution in [2.24, 2.45) is 0 Å². The molecule has 100 valence electrons. The second kappa shape index (κ2) is 4.86. The van der Waals surface area contributed by atoms with Crippen LogP contribution in [0.4, 0.5) is 0 Å². The van der Waals surface area contributed by atoms with E-state index in [4.69, 9.17) is 0 Å². The Morgan fingerprint density at radius 1 is 1.24 bits per heavy atom. The second-order valence-electron chi connectivity index (χ2n) is 5.74. The van der Waals surface area contributed by atoms with Gasteiger partial charge in [-0.3, -0.25) is 0 Å². The summed E-state index contributed by atoms with van der Waals surface area (Å²) in [6, 6.07) is 0. The van der Waals surface area contributed by atoms with Gasteiger partial charge in [-0.15, -0.1) is 0 Å². The zero-order valence-electron chi connectivity index (χ0n) is 10.6. The monoisotopic (exact) mass is 261 g/mol. The van der Waals surface area contributed by atoms with Crippen molar-refractivity contribution in [2.45, 2.75) is 49.4 Å². The lowest BCUT2D eigenvalue weighted by Gasteiger charge is -2.36. The van der Waals surface area contributed by atoms with Crippen molar-refractivity contribution in [3.05, 3.63) is 0 Å². The number of hydrogen-bond donors (Lipinski definition) is 1. The van der Waals surface area contributed by atoms with Gasteiger partial charge in [0.05, 0.1) is 10.9 Å². The summed E-state index contributed by atoms with van der Waals surface area (Å²) in [4.78, 5) is 2.23. The predicted molar refractivity (Wildman–Crippen MR) is 67.7 cm³/mol. The van der Waals surface area contributed by atoms with Crippen molar-refractivity contribution < 1.29 is 13.5 Å². The summed E-state index contributed by atoms with van der Waals surface area (Å²) in [5.41, 5.74) is -0.502. The van der Waals surface area contributed by atoms with Gasteiger partial charge in [-0.25, -0.2) is 8.42 Å². The molecular formula is C12H23NO3S. The molecule has 1 N–H and O–H groups in total. The van der Waals surface area contributed by atoms with E-state index in [1.807, 2.05) is 0 Å². The van der Waals surface area contributed by atoms with Crippen LogP contribution in [0.5, 0.6) is 0 Å². The molecule has 2 aliphatic rings. The standard InChI is InChI=1S/C12H23NO3S/c1-17(15,16)11-4-8-13(9-5-11)10-12(14)6-2-3-7-12/h11,14H,2-10H2,1H3.